The van der Waals surface area contributed by atoms with Crippen molar-refractivity contribution in [1.29, 1.82) is 0 Å². The second-order valence-electron chi connectivity index (χ2n) is 4.30. The minimum absolute atomic E-state index is 0.826. The van der Waals surface area contributed by atoms with Gasteiger partial charge in [-0.2, -0.15) is 0 Å². The second kappa shape index (κ2) is 9.65. The molecule has 2 rings (SSSR count). The lowest BCUT2D eigenvalue weighted by Crippen LogP contribution is -1.97. The molecule has 0 nitrogen and oxygen atoms in total. The van der Waals surface area contributed by atoms with Gasteiger partial charge in [-0.25, -0.2) is 0 Å². The van der Waals surface area contributed by atoms with Gasteiger partial charge in [0.1, 0.15) is 0 Å². The van der Waals surface area contributed by atoms with Crippen LogP contribution in [0, 0.1) is 0 Å². The summed E-state index contributed by atoms with van der Waals surface area (Å²) in [4.78, 5) is 0. The highest BCUT2D eigenvalue weighted by molar-refractivity contribution is 9.28. The lowest BCUT2D eigenvalue weighted by molar-refractivity contribution is 1.38. The molecule has 0 atom stereocenters. The number of benzene rings is 2. The van der Waals surface area contributed by atoms with E-state index in [9.17, 15) is 0 Å². The predicted octanol–water partition coefficient (Wildman–Crippen LogP) is 11.3. The summed E-state index contributed by atoms with van der Waals surface area (Å²) in [7, 11) is 0. The van der Waals surface area contributed by atoms with Crippen LogP contribution < -0.4 is 0 Å². The number of hydrogen-bond acceptors (Lipinski definition) is 0. The van der Waals surface area contributed by atoms with Gasteiger partial charge in [0.2, 0.25) is 0 Å². The van der Waals surface area contributed by atoms with E-state index in [0.717, 1.165) is 55.9 Å². The quantitative estimate of drug-likeness (QED) is 0.208. The van der Waals surface area contributed by atoms with Crippen molar-refractivity contribution in [3.05, 3.63) is 62.4 Å². The zero-order valence-electron chi connectivity index (χ0n) is 10.9. The Hall–Kier alpha value is 2.98. The highest BCUT2D eigenvalue weighted by Crippen LogP contribution is 2.51. The van der Waals surface area contributed by atoms with Crippen molar-refractivity contribution in [2.24, 2.45) is 0 Å². The predicted molar refractivity (Wildman–Crippen MR) is 138 cm³/mol. The fourth-order valence-electron chi connectivity index (χ4n) is 1.87. The van der Waals surface area contributed by atoms with Crippen molar-refractivity contribution in [2.75, 3.05) is 0 Å². The third kappa shape index (κ3) is 4.58. The molecule has 2 aromatic carbocycles. The molecule has 0 N–H and O–H groups in total. The third-order valence-electron chi connectivity index (χ3n) is 2.95. The Kier molecular flexibility index (Phi) is 9.36. The summed E-state index contributed by atoms with van der Waals surface area (Å²) >= 11 is 36.2. The molecule has 0 aliphatic rings. The van der Waals surface area contributed by atoms with Gasteiger partial charge in [-0.05, 0) is 171 Å². The van der Waals surface area contributed by atoms with Crippen LogP contribution in [0.25, 0.3) is 5.57 Å². The van der Waals surface area contributed by atoms with Crippen molar-refractivity contribution < 1.29 is 0 Å². The molecule has 10 heteroatoms. The molecule has 128 valence electrons. The SMILES string of the molecule is BrC(Br)=C(c1ccc(Br)c(Br)c1Br)c1c(Br)c(Br)c(Br)c(Br)c1Br. The first-order chi connectivity index (χ1) is 11.1. The molecule has 0 heterocycles. The molecular weight excluding hydrogens is 967 g/mol. The van der Waals surface area contributed by atoms with Crippen molar-refractivity contribution in [2.45, 2.75) is 0 Å². The Bertz CT molecular complexity index is 836. The highest BCUT2D eigenvalue weighted by atomic mass is 79.9. The van der Waals surface area contributed by atoms with Gasteiger partial charge >= 0.3 is 0 Å². The first-order valence-corrected chi connectivity index (χ1v) is 13.7. The number of rotatable bonds is 2. The molecular formula is C14H2Br10. The lowest BCUT2D eigenvalue weighted by atomic mass is 10.00. The number of hydrogen-bond donors (Lipinski definition) is 0. The van der Waals surface area contributed by atoms with Crippen molar-refractivity contribution in [1.82, 2.24) is 0 Å². The summed E-state index contributed by atoms with van der Waals surface area (Å²) in [6, 6.07) is 4.04. The molecule has 0 aliphatic heterocycles. The van der Waals surface area contributed by atoms with Gasteiger partial charge in [0.15, 0.2) is 0 Å². The third-order valence-corrected chi connectivity index (χ3v) is 13.2. The lowest BCUT2D eigenvalue weighted by Gasteiger charge is -2.19. The monoisotopic (exact) mass is 959 g/mol. The Balaban J connectivity index is 2.92. The minimum Gasteiger partial charge on any atom is -0.0520 e. The summed E-state index contributed by atoms with van der Waals surface area (Å²) in [5, 5.41) is 0. The van der Waals surface area contributed by atoms with Crippen LogP contribution in [0.5, 0.6) is 0 Å². The zero-order valence-corrected chi connectivity index (χ0v) is 26.8. The van der Waals surface area contributed by atoms with Crippen LogP contribution in [-0.2, 0) is 0 Å². The molecule has 0 bridgehead atoms. The molecule has 0 saturated heterocycles. The fourth-order valence-corrected chi connectivity index (χ4v) is 7.63. The zero-order chi connectivity index (χ0) is 18.3. The van der Waals surface area contributed by atoms with E-state index >= 15 is 0 Å². The van der Waals surface area contributed by atoms with E-state index in [-0.39, 0.29) is 0 Å². The van der Waals surface area contributed by atoms with Crippen LogP contribution in [0.3, 0.4) is 0 Å². The molecule has 0 spiro atoms. The van der Waals surface area contributed by atoms with Gasteiger partial charge < -0.3 is 0 Å². The van der Waals surface area contributed by atoms with E-state index in [1.807, 2.05) is 12.1 Å². The molecule has 0 amide bonds. The normalized spacial score (nSPS) is 10.9. The maximum Gasteiger partial charge on any atom is 0.0689 e. The first-order valence-electron chi connectivity index (χ1n) is 5.80. The van der Waals surface area contributed by atoms with Crippen LogP contribution in [0.4, 0.5) is 0 Å². The summed E-state index contributed by atoms with van der Waals surface area (Å²) < 4.78 is 8.28. The number of halogens is 10. The van der Waals surface area contributed by atoms with Crippen molar-refractivity contribution in [3.63, 3.8) is 0 Å². The minimum atomic E-state index is 0.826. The molecule has 0 radical (unpaired) electrons. The molecule has 0 unspecified atom stereocenters. The molecule has 0 aromatic heterocycles. The maximum atomic E-state index is 3.70. The van der Waals surface area contributed by atoms with Crippen LogP contribution in [0.2, 0.25) is 0 Å². The van der Waals surface area contributed by atoms with Crippen LogP contribution >= 0.6 is 159 Å². The Morgan fingerprint density at radius 1 is 0.542 bits per heavy atom. The van der Waals surface area contributed by atoms with E-state index in [0.29, 0.717) is 0 Å². The highest BCUT2D eigenvalue weighted by Gasteiger charge is 2.24. The summed E-state index contributed by atoms with van der Waals surface area (Å²) in [6.07, 6.45) is 0. The fraction of sp³-hybridized carbons (Fsp3) is 0. The molecule has 0 aliphatic carbocycles. The van der Waals surface area contributed by atoms with E-state index in [1.165, 1.54) is 0 Å². The summed E-state index contributed by atoms with van der Waals surface area (Å²) in [5.74, 6) is 0. The van der Waals surface area contributed by atoms with Crippen LogP contribution in [0.1, 0.15) is 11.1 Å². The summed E-state index contributed by atoms with van der Waals surface area (Å²) in [5.41, 5.74) is 2.97. The van der Waals surface area contributed by atoms with Crippen LogP contribution in [-0.4, -0.2) is 0 Å². The van der Waals surface area contributed by atoms with E-state index < -0.39 is 0 Å². The molecule has 0 fully saturated rings. The molecule has 0 saturated carbocycles. The maximum absolute atomic E-state index is 3.70. The Morgan fingerprint density at radius 3 is 1.46 bits per heavy atom. The van der Waals surface area contributed by atoms with Gasteiger partial charge in [-0.3, -0.25) is 0 Å². The van der Waals surface area contributed by atoms with Gasteiger partial charge in [0.25, 0.3) is 0 Å². The van der Waals surface area contributed by atoms with Gasteiger partial charge in [-0.1, -0.05) is 6.07 Å². The van der Waals surface area contributed by atoms with Gasteiger partial charge in [-0.15, -0.1) is 0 Å². The van der Waals surface area contributed by atoms with Gasteiger partial charge in [0.05, 0.1) is 3.39 Å². The average Bonchev–Trinajstić information content (AvgIpc) is 2.53. The average molecular weight is 969 g/mol. The Labute approximate surface area is 223 Å². The smallest absolute Gasteiger partial charge is 0.0520 e. The topological polar surface area (TPSA) is 0 Å². The first kappa shape index (κ1) is 23.3. The van der Waals surface area contributed by atoms with Crippen molar-refractivity contribution in [3.8, 4) is 0 Å². The van der Waals surface area contributed by atoms with E-state index in [2.05, 4.69) is 159 Å². The standard InChI is InChI=1S/C14H2Br10/c15-4-2-1-3(7(16)8(4)17)5(14(23)24)6-9(18)11(20)13(22)12(21)10(6)19/h1-2H. The molecule has 24 heavy (non-hydrogen) atoms. The summed E-state index contributed by atoms with van der Waals surface area (Å²) in [6.45, 7) is 0. The Morgan fingerprint density at radius 2 is 1.00 bits per heavy atom. The second-order valence-corrected chi connectivity index (χ2v) is 13.4. The van der Waals surface area contributed by atoms with Gasteiger partial charge in [0, 0.05) is 46.9 Å². The largest absolute Gasteiger partial charge is 0.0689 e. The van der Waals surface area contributed by atoms with E-state index in [1.54, 1.807) is 0 Å². The van der Waals surface area contributed by atoms with E-state index in [4.69, 9.17) is 0 Å². The van der Waals surface area contributed by atoms with Crippen molar-refractivity contribution >= 4 is 165 Å². The molecule has 2 aromatic rings. The van der Waals surface area contributed by atoms with Crippen LogP contribution in [0.15, 0.2) is 51.3 Å².